The first-order valence-corrected chi connectivity index (χ1v) is 14.9. The fourth-order valence-corrected chi connectivity index (χ4v) is 4.61. The number of nitrogens with zero attached hydrogens (tertiary/aromatic N) is 1. The summed E-state index contributed by atoms with van der Waals surface area (Å²) in [5.41, 5.74) is 2.27. The highest BCUT2D eigenvalue weighted by Gasteiger charge is 2.85. The zero-order valence-corrected chi connectivity index (χ0v) is 26.2. The molecule has 0 atom stereocenters. The van der Waals surface area contributed by atoms with Crippen LogP contribution in [0.15, 0.2) is 60.7 Å². The third-order valence-corrected chi connectivity index (χ3v) is 8.10. The second kappa shape index (κ2) is 15.8. The van der Waals surface area contributed by atoms with Gasteiger partial charge in [0.15, 0.2) is 0 Å². The van der Waals surface area contributed by atoms with Gasteiger partial charge >= 0.3 is 41.4 Å². The minimum absolute atomic E-state index is 0.128. The fraction of sp³-hybridized carbons (Fsp3) is 0.393. The van der Waals surface area contributed by atoms with Gasteiger partial charge in [-0.25, -0.2) is 22.8 Å². The van der Waals surface area contributed by atoms with Gasteiger partial charge in [0.05, 0.1) is 0 Å². The number of amides is 2. The van der Waals surface area contributed by atoms with E-state index in [0.717, 1.165) is 11.1 Å². The van der Waals surface area contributed by atoms with Crippen molar-refractivity contribution >= 4 is 39.6 Å². The molecule has 0 aliphatic rings. The average molecular weight is 738 g/mol. The summed E-state index contributed by atoms with van der Waals surface area (Å²) in [6.07, 6.45) is -8.88. The number of nitrogens with one attached hydrogen (secondary N) is 2. The molecule has 0 saturated carbocycles. The highest BCUT2D eigenvalue weighted by atomic mass is 32.2. The first kappa shape index (κ1) is 40.6. The predicted molar refractivity (Wildman–Crippen MR) is 154 cm³/mol. The molecule has 49 heavy (non-hydrogen) atoms. The van der Waals surface area contributed by atoms with Gasteiger partial charge in [-0.15, -0.1) is 0 Å². The number of carbonyl (C=O) groups is 3. The number of hydrogen-bond donors (Lipinski definition) is 2. The molecular formula is C28H28F9N3O8S. The van der Waals surface area contributed by atoms with E-state index in [-0.39, 0.29) is 31.5 Å². The van der Waals surface area contributed by atoms with E-state index in [9.17, 15) is 62.3 Å². The number of carbonyl (C=O) groups excluding carboxylic acids is 3. The lowest BCUT2D eigenvalue weighted by molar-refractivity contribution is -0.382. The Morgan fingerprint density at radius 2 is 1.12 bits per heavy atom. The van der Waals surface area contributed by atoms with Crippen molar-refractivity contribution in [2.45, 2.75) is 36.6 Å². The van der Waals surface area contributed by atoms with E-state index < -0.39 is 68.9 Å². The largest absolute Gasteiger partial charge is 0.460 e. The van der Waals surface area contributed by atoms with Gasteiger partial charge in [-0.3, -0.25) is 10.6 Å². The molecule has 2 aromatic carbocycles. The number of ether oxygens (including phenoxy) is 3. The summed E-state index contributed by atoms with van der Waals surface area (Å²) in [4.78, 5) is 35.1. The van der Waals surface area contributed by atoms with Crippen LogP contribution in [0.4, 0.5) is 60.5 Å². The number of likely N-dealkylation sites (N-methyl/N-ethyl adjacent to an activating group) is 1. The fourth-order valence-electron chi connectivity index (χ4n) is 3.45. The van der Waals surface area contributed by atoms with Crippen LogP contribution in [0.3, 0.4) is 0 Å². The van der Waals surface area contributed by atoms with Crippen molar-refractivity contribution < 1.29 is 76.5 Å². The van der Waals surface area contributed by atoms with Crippen molar-refractivity contribution in [3.8, 4) is 0 Å². The molecule has 2 amide bonds. The van der Waals surface area contributed by atoms with Gasteiger partial charge in [-0.1, -0.05) is 30.8 Å². The van der Waals surface area contributed by atoms with Crippen LogP contribution < -0.4 is 10.6 Å². The van der Waals surface area contributed by atoms with Crippen LogP contribution in [0, 0.1) is 0 Å². The maximum Gasteiger partial charge on any atom is 0.460 e. The van der Waals surface area contributed by atoms with Gasteiger partial charge in [0.2, 0.25) is 0 Å². The lowest BCUT2D eigenvalue weighted by atomic mass is 10.0. The van der Waals surface area contributed by atoms with Crippen LogP contribution in [0.5, 0.6) is 0 Å². The Kier molecular flexibility index (Phi) is 13.1. The first-order valence-electron chi connectivity index (χ1n) is 13.5. The van der Waals surface area contributed by atoms with Crippen molar-refractivity contribution in [3.63, 3.8) is 0 Å². The summed E-state index contributed by atoms with van der Waals surface area (Å²) < 4.78 is 155. The molecule has 2 rings (SSSR count). The Morgan fingerprint density at radius 3 is 1.53 bits per heavy atom. The summed E-state index contributed by atoms with van der Waals surface area (Å²) >= 11 is 0. The highest BCUT2D eigenvalue weighted by molar-refractivity contribution is 7.90. The summed E-state index contributed by atoms with van der Waals surface area (Å²) in [6, 6.07) is 12.6. The van der Waals surface area contributed by atoms with Crippen molar-refractivity contribution in [1.82, 2.24) is 4.31 Å². The number of rotatable bonds is 15. The second-order valence-electron chi connectivity index (χ2n) is 10.00. The quantitative estimate of drug-likeness (QED) is 0.0727. The van der Waals surface area contributed by atoms with Gasteiger partial charge in [-0.05, 0) is 48.7 Å². The molecule has 2 N–H and O–H groups in total. The maximum absolute atomic E-state index is 13.9. The monoisotopic (exact) mass is 737 g/mol. The Bertz CT molecular complexity index is 1600. The number of halogens is 9. The van der Waals surface area contributed by atoms with E-state index >= 15 is 0 Å². The molecule has 0 aromatic heterocycles. The lowest BCUT2D eigenvalue weighted by Crippen LogP contribution is -2.65. The van der Waals surface area contributed by atoms with Crippen LogP contribution in [-0.4, -0.2) is 87.6 Å². The lowest BCUT2D eigenvalue weighted by Gasteiger charge is -2.34. The molecule has 0 saturated heterocycles. The molecule has 2 aromatic rings. The van der Waals surface area contributed by atoms with Crippen LogP contribution in [-0.2, 0) is 35.4 Å². The molecule has 0 heterocycles. The number of sulfonamides is 1. The molecule has 0 bridgehead atoms. The van der Waals surface area contributed by atoms with E-state index in [1.54, 1.807) is 36.4 Å². The van der Waals surface area contributed by atoms with E-state index in [1.165, 1.54) is 19.1 Å². The van der Waals surface area contributed by atoms with Crippen LogP contribution >= 0.6 is 0 Å². The van der Waals surface area contributed by atoms with Crippen LogP contribution in [0.2, 0.25) is 0 Å². The zero-order chi connectivity index (χ0) is 37.4. The van der Waals surface area contributed by atoms with Gasteiger partial charge in [-0.2, -0.15) is 43.8 Å². The first-order chi connectivity index (χ1) is 22.4. The predicted octanol–water partition coefficient (Wildman–Crippen LogP) is 6.18. The molecule has 0 aliphatic carbocycles. The number of esters is 1. The van der Waals surface area contributed by atoms with Crippen molar-refractivity contribution in [2.75, 3.05) is 44.0 Å². The van der Waals surface area contributed by atoms with Gasteiger partial charge in [0, 0.05) is 30.5 Å². The van der Waals surface area contributed by atoms with E-state index in [4.69, 9.17) is 9.47 Å². The molecule has 0 fully saturated rings. The third kappa shape index (κ3) is 10.00. The average Bonchev–Trinajstić information content (AvgIpc) is 3.00. The number of alkyl halides is 9. The van der Waals surface area contributed by atoms with Gasteiger partial charge < -0.3 is 14.2 Å². The molecule has 0 unspecified atom stereocenters. The Morgan fingerprint density at radius 1 is 0.714 bits per heavy atom. The maximum atomic E-state index is 13.9. The zero-order valence-electron chi connectivity index (χ0n) is 25.4. The van der Waals surface area contributed by atoms with Crippen LogP contribution in [0.25, 0.3) is 0 Å². The summed E-state index contributed by atoms with van der Waals surface area (Å²) in [7, 11) is -6.65. The minimum Gasteiger partial charge on any atom is -0.459 e. The number of anilines is 2. The molecule has 0 spiro atoms. The van der Waals surface area contributed by atoms with Crippen LogP contribution in [0.1, 0.15) is 18.1 Å². The second-order valence-corrected chi connectivity index (χ2v) is 12.1. The molecule has 0 aliphatic heterocycles. The Labute approximate surface area is 273 Å². The molecule has 0 radical (unpaired) electrons. The number of hydrogen-bond acceptors (Lipinski definition) is 8. The molecular weight excluding hydrogens is 709 g/mol. The normalized spacial score (nSPS) is 12.7. The molecule has 272 valence electrons. The smallest absolute Gasteiger partial charge is 0.459 e. The van der Waals surface area contributed by atoms with Crippen molar-refractivity contribution in [3.05, 3.63) is 71.8 Å². The minimum atomic E-state index is -7.41. The standard InChI is InChI=1S/C28H28F9N3O8S/c1-17(2)22(41)46-14-15-48-24(43)39-21-10-6-19(7-11-21)16-18-4-8-20(9-5-18)38-23(42)47-13-12-40(3)49(44,45)28(36,37)26(31,32)25(29,30)27(33,34)35/h4-11H,1,12-16H2,2-3H3,(H,38,42)(H,39,43). The highest BCUT2D eigenvalue weighted by Crippen LogP contribution is 2.55. The molecule has 11 nitrogen and oxygen atoms in total. The Balaban J connectivity index is 1.85. The van der Waals surface area contributed by atoms with E-state index in [1.807, 2.05) is 0 Å². The van der Waals surface area contributed by atoms with E-state index in [2.05, 4.69) is 21.9 Å². The third-order valence-electron chi connectivity index (χ3n) is 6.20. The van der Waals surface area contributed by atoms with E-state index in [0.29, 0.717) is 12.1 Å². The summed E-state index contributed by atoms with van der Waals surface area (Å²) in [5.74, 6) is -15.4. The Hall–Kier alpha value is -4.53. The summed E-state index contributed by atoms with van der Waals surface area (Å²) in [5, 5.41) is -2.23. The van der Waals surface area contributed by atoms with Crippen molar-refractivity contribution in [2.24, 2.45) is 0 Å². The summed E-state index contributed by atoms with van der Waals surface area (Å²) in [6.45, 7) is 2.14. The van der Waals surface area contributed by atoms with Gasteiger partial charge in [0.25, 0.3) is 10.0 Å². The van der Waals surface area contributed by atoms with Crippen molar-refractivity contribution in [1.29, 1.82) is 0 Å². The topological polar surface area (TPSA) is 140 Å². The number of benzene rings is 2. The van der Waals surface area contributed by atoms with Gasteiger partial charge in [0.1, 0.15) is 19.8 Å². The SMILES string of the molecule is C=C(C)C(=O)OCCOC(=O)Nc1ccc(Cc2ccc(NC(=O)OCCN(C)S(=O)(=O)C(F)(F)C(F)(F)C(F)(F)C(F)(F)F)cc2)cc1. The molecule has 21 heteroatoms.